The Labute approximate surface area is 594 Å². The first-order valence-corrected chi connectivity index (χ1v) is 36.7. The van der Waals surface area contributed by atoms with Crippen LogP contribution in [0.5, 0.6) is 23.0 Å². The molecule has 1 radical (unpaired) electrons. The maximum Gasteiger partial charge on any atom is 0.414 e. The number of alkyl halides is 6. The zero-order valence-electron chi connectivity index (χ0n) is 51.0. The number of aliphatic hydroxyl groups is 2. The Morgan fingerprint density at radius 2 is 0.385 bits per heavy atom. The fourth-order valence-electron chi connectivity index (χ4n) is 10.7. The summed E-state index contributed by atoms with van der Waals surface area (Å²) in [4.78, 5) is 0. The van der Waals surface area contributed by atoms with Crippen molar-refractivity contribution < 1.29 is 114 Å². The molecule has 96 heavy (non-hydrogen) atoms. The van der Waals surface area contributed by atoms with E-state index in [2.05, 4.69) is 0 Å². The van der Waals surface area contributed by atoms with Crippen molar-refractivity contribution in [3.8, 4) is 23.0 Å². The van der Waals surface area contributed by atoms with E-state index in [1.54, 1.807) is 0 Å². The molecule has 0 aliphatic rings. The summed E-state index contributed by atoms with van der Waals surface area (Å²) in [6.45, 7) is 0. The summed E-state index contributed by atoms with van der Waals surface area (Å²) in [5, 5.41) is 24.3. The average molecular weight is 1510 g/mol. The van der Waals surface area contributed by atoms with E-state index in [1.165, 1.54) is 0 Å². The van der Waals surface area contributed by atoms with Gasteiger partial charge in [0, 0.05) is 98.2 Å². The summed E-state index contributed by atoms with van der Waals surface area (Å²) < 4.78 is 143. The molecule has 0 saturated heterocycles. The molecule has 0 bridgehead atoms. The second kappa shape index (κ2) is 32.5. The molecule has 2 unspecified atom stereocenters. The van der Waals surface area contributed by atoms with Gasteiger partial charge in [-0.15, -0.1) is 0 Å². The Hall–Kier alpha value is -7.76. The van der Waals surface area contributed by atoms with E-state index in [1.807, 2.05) is 340 Å². The molecule has 0 amide bonds. The standard InChI is InChI=1S/2C36H28O3P2.C5H6F6O2.Eu/c2*37-40(29-17-5-1-6-18-29,30-19-7-2-8-20-30)35-27-15-13-25-33(35)39-34-26-14-16-28-36(34)41(38,31-21-9-3-10-22-31)32-23-11-4-12-24-32;6-4(7,8)2(12)1-3(13)5(9,10)11;/h2*1-28H;2-3,12-13H,1H2;. The number of halogens is 6. The average Bonchev–Trinajstić information content (AvgIpc) is 0.769. The molecule has 0 heterocycles. The van der Waals surface area contributed by atoms with Crippen LogP contribution in [0, 0.1) is 49.4 Å². The Bertz CT molecular complexity index is 3920. The van der Waals surface area contributed by atoms with Gasteiger partial charge in [0.2, 0.25) is 0 Å². The molecule has 12 rings (SSSR count). The molecule has 0 fully saturated rings. The van der Waals surface area contributed by atoms with Crippen molar-refractivity contribution in [3.05, 3.63) is 340 Å². The summed E-state index contributed by atoms with van der Waals surface area (Å²) in [7, 11) is -13.3. The van der Waals surface area contributed by atoms with E-state index in [0.29, 0.717) is 44.2 Å². The smallest absolute Gasteiger partial charge is 0.414 e. The number of aliphatic hydroxyl groups excluding tert-OH is 2. The summed E-state index contributed by atoms with van der Waals surface area (Å²) in [6.07, 6.45) is -18.4. The first kappa shape index (κ1) is 72.5. The maximum atomic E-state index is 15.2. The van der Waals surface area contributed by atoms with E-state index in [0.717, 1.165) is 42.4 Å². The largest absolute Gasteiger partial charge is 0.456 e. The number of ether oxygens (including phenoxy) is 2. The van der Waals surface area contributed by atoms with Gasteiger partial charge in [-0.2, -0.15) is 26.3 Å². The molecule has 0 aliphatic heterocycles. The fraction of sp³-hybridized carbons (Fsp3) is 0.0649. The minimum atomic E-state index is -5.15. The van der Waals surface area contributed by atoms with E-state index < -0.39 is 59.5 Å². The summed E-state index contributed by atoms with van der Waals surface area (Å²) in [6, 6.07) is 106. The molecule has 0 saturated carbocycles. The van der Waals surface area contributed by atoms with Crippen LogP contribution < -0.4 is 73.1 Å². The number of hydrogen-bond acceptors (Lipinski definition) is 8. The van der Waals surface area contributed by atoms with E-state index in [4.69, 9.17) is 19.7 Å². The van der Waals surface area contributed by atoms with E-state index >= 15 is 18.3 Å². The maximum absolute atomic E-state index is 15.2. The van der Waals surface area contributed by atoms with Crippen molar-refractivity contribution in [1.82, 2.24) is 0 Å². The minimum Gasteiger partial charge on any atom is -0.456 e. The normalized spacial score (nSPS) is 12.4. The summed E-state index contributed by atoms with van der Waals surface area (Å²) >= 11 is 0. The summed E-state index contributed by atoms with van der Waals surface area (Å²) in [5.74, 6) is 1.85. The van der Waals surface area contributed by atoms with Crippen LogP contribution in [-0.4, -0.2) is 34.8 Å². The van der Waals surface area contributed by atoms with Gasteiger partial charge in [0.25, 0.3) is 0 Å². The molecule has 12 aromatic carbocycles. The predicted octanol–water partition coefficient (Wildman–Crippen LogP) is 14.7. The number of benzene rings is 12. The zero-order valence-corrected chi connectivity index (χ0v) is 57.0. The van der Waals surface area contributed by atoms with Crippen LogP contribution in [0.4, 0.5) is 26.3 Å². The predicted molar refractivity (Wildman–Crippen MR) is 372 cm³/mol. The van der Waals surface area contributed by atoms with Crippen LogP contribution >= 0.6 is 28.6 Å². The molecule has 8 nitrogen and oxygen atoms in total. The number of hydrogen-bond donors (Lipinski definition) is 2. The van der Waals surface area contributed by atoms with Gasteiger partial charge in [0.1, 0.15) is 23.0 Å². The zero-order chi connectivity index (χ0) is 67.1. The molecule has 0 spiro atoms. The van der Waals surface area contributed by atoms with Crippen molar-refractivity contribution >= 4 is 92.2 Å². The molecule has 487 valence electrons. The quantitative estimate of drug-likeness (QED) is 0.0642. The second-order valence-electron chi connectivity index (χ2n) is 21.5. The molecular formula is C77H62EuF6O8P4. The first-order chi connectivity index (χ1) is 45.8. The van der Waals surface area contributed by atoms with Gasteiger partial charge in [0.05, 0.1) is 21.2 Å². The number of rotatable bonds is 18. The van der Waals surface area contributed by atoms with Crippen LogP contribution in [0.2, 0.25) is 0 Å². The van der Waals surface area contributed by atoms with Gasteiger partial charge in [-0.25, -0.2) is 0 Å². The second-order valence-corrected chi connectivity index (χ2v) is 32.5. The Balaban J connectivity index is 0.000000189. The fourth-order valence-corrected chi connectivity index (χ4v) is 21.8. The third-order valence-electron chi connectivity index (χ3n) is 15.4. The van der Waals surface area contributed by atoms with E-state index in [-0.39, 0.29) is 49.4 Å². The van der Waals surface area contributed by atoms with Crippen molar-refractivity contribution in [2.45, 2.75) is 31.0 Å². The van der Waals surface area contributed by atoms with Crippen LogP contribution in [0.25, 0.3) is 0 Å². The molecule has 2 N–H and O–H groups in total. The third kappa shape index (κ3) is 16.3. The molecule has 19 heteroatoms. The first-order valence-electron chi connectivity index (χ1n) is 29.9. The molecular weight excluding hydrogens is 1440 g/mol. The van der Waals surface area contributed by atoms with Gasteiger partial charge in [0.15, 0.2) is 40.8 Å². The molecule has 0 aliphatic carbocycles. The van der Waals surface area contributed by atoms with Crippen LogP contribution in [-0.2, 0) is 18.3 Å². The van der Waals surface area contributed by atoms with Crippen molar-refractivity contribution in [3.63, 3.8) is 0 Å². The van der Waals surface area contributed by atoms with Gasteiger partial charge in [-0.3, -0.25) is 0 Å². The van der Waals surface area contributed by atoms with E-state index in [9.17, 15) is 26.3 Å². The topological polar surface area (TPSA) is 127 Å². The van der Waals surface area contributed by atoms with Crippen LogP contribution in [0.3, 0.4) is 0 Å². The Morgan fingerprint density at radius 1 is 0.250 bits per heavy atom. The van der Waals surface area contributed by atoms with Gasteiger partial charge in [-0.05, 0) is 48.5 Å². The Morgan fingerprint density at radius 3 is 0.531 bits per heavy atom. The third-order valence-corrected chi connectivity index (χ3v) is 27.8. The van der Waals surface area contributed by atoms with Crippen LogP contribution in [0.1, 0.15) is 6.42 Å². The minimum absolute atomic E-state index is 0. The van der Waals surface area contributed by atoms with Gasteiger partial charge in [-0.1, -0.05) is 291 Å². The van der Waals surface area contributed by atoms with Crippen molar-refractivity contribution in [2.24, 2.45) is 0 Å². The molecule has 12 aromatic rings. The number of para-hydroxylation sites is 4. The van der Waals surface area contributed by atoms with Crippen LogP contribution in [0.15, 0.2) is 340 Å². The van der Waals surface area contributed by atoms with Gasteiger partial charge >= 0.3 is 12.4 Å². The SMILES string of the molecule is O=P(c1ccccc1)(c1ccccc1)c1ccccc1Oc1ccccc1P(=O)(c1ccccc1)c1ccccc1.O=P(c1ccccc1)(c1ccccc1)c1ccccc1Oc1ccccc1P(=O)(c1ccccc1)c1ccccc1.OC(CC(O)C(F)(F)F)C(F)(F)F.[Eu]. The monoisotopic (exact) mass is 1510 g/mol. The molecule has 2 atom stereocenters. The summed E-state index contributed by atoms with van der Waals surface area (Å²) in [5.41, 5.74) is 0. The van der Waals surface area contributed by atoms with Crippen molar-refractivity contribution in [1.29, 1.82) is 0 Å². The molecule has 0 aromatic heterocycles. The van der Waals surface area contributed by atoms with Crippen molar-refractivity contribution in [2.75, 3.05) is 0 Å². The Kier molecular flexibility index (Phi) is 24.6. The van der Waals surface area contributed by atoms with Gasteiger partial charge < -0.3 is 37.9 Å².